The van der Waals surface area contributed by atoms with Gasteiger partial charge in [0.2, 0.25) is 5.88 Å². The first-order valence-corrected chi connectivity index (χ1v) is 10.3. The Bertz CT molecular complexity index is 1380. The molecule has 0 bridgehead atoms. The van der Waals surface area contributed by atoms with Crippen LogP contribution in [0.25, 0.3) is 16.9 Å². The maximum atomic E-state index is 11.0. The van der Waals surface area contributed by atoms with Crippen molar-refractivity contribution in [3.05, 3.63) is 108 Å². The molecule has 32 heavy (non-hydrogen) atoms. The molecule has 2 heterocycles. The van der Waals surface area contributed by atoms with Gasteiger partial charge in [0.25, 0.3) is 0 Å². The molecule has 0 saturated heterocycles. The van der Waals surface area contributed by atoms with E-state index in [1.54, 1.807) is 47.0 Å². The normalized spacial score (nSPS) is 11.1. The van der Waals surface area contributed by atoms with E-state index in [2.05, 4.69) is 0 Å². The quantitative estimate of drug-likeness (QED) is 0.381. The summed E-state index contributed by atoms with van der Waals surface area (Å²) in [5.41, 5.74) is 5.35. The van der Waals surface area contributed by atoms with Gasteiger partial charge in [-0.25, -0.2) is 4.98 Å². The number of hydrogen-bond acceptors (Lipinski definition) is 5. The minimum Gasteiger partial charge on any atom is -0.508 e. The van der Waals surface area contributed by atoms with E-state index in [1.807, 2.05) is 42.5 Å². The SMILES string of the molecule is Oc1ccc(Cc2cn3c(O)c(-c4ccc(O)cc4)nc3c(Cc3ccccc3)n2)cc1. The summed E-state index contributed by atoms with van der Waals surface area (Å²) in [6.45, 7) is 0. The number of rotatable bonds is 5. The summed E-state index contributed by atoms with van der Waals surface area (Å²) in [5, 5.41) is 30.2. The number of hydrogen-bond donors (Lipinski definition) is 3. The van der Waals surface area contributed by atoms with Crippen molar-refractivity contribution in [1.29, 1.82) is 0 Å². The zero-order valence-corrected chi connectivity index (χ0v) is 17.2. The van der Waals surface area contributed by atoms with Gasteiger partial charge in [0, 0.05) is 24.6 Å². The summed E-state index contributed by atoms with van der Waals surface area (Å²) in [6.07, 6.45) is 2.91. The van der Waals surface area contributed by atoms with Crippen molar-refractivity contribution in [2.75, 3.05) is 0 Å². The summed E-state index contributed by atoms with van der Waals surface area (Å²) in [6, 6.07) is 23.6. The molecule has 0 fully saturated rings. The van der Waals surface area contributed by atoms with Crippen LogP contribution in [0.5, 0.6) is 17.4 Å². The van der Waals surface area contributed by atoms with Crippen LogP contribution in [0.2, 0.25) is 0 Å². The zero-order chi connectivity index (χ0) is 22.1. The molecular formula is C26H21N3O3. The summed E-state index contributed by atoms with van der Waals surface area (Å²) in [5.74, 6) is 0.390. The molecule has 2 aromatic heterocycles. The molecule has 3 aromatic carbocycles. The first-order chi connectivity index (χ1) is 15.6. The van der Waals surface area contributed by atoms with Gasteiger partial charge in [-0.15, -0.1) is 0 Å². The standard InChI is InChI=1S/C26H21N3O3/c30-21-10-6-18(7-11-21)14-20-16-29-25(23(27-20)15-17-4-2-1-3-5-17)28-24(26(29)32)19-8-12-22(31)13-9-19/h1-13,16,30-32H,14-15H2. The predicted octanol–water partition coefficient (Wildman–Crippen LogP) is 4.69. The Morgan fingerprint density at radius 1 is 0.656 bits per heavy atom. The van der Waals surface area contributed by atoms with Gasteiger partial charge < -0.3 is 15.3 Å². The fourth-order valence-electron chi connectivity index (χ4n) is 3.78. The van der Waals surface area contributed by atoms with Gasteiger partial charge in [0.1, 0.15) is 17.2 Å². The molecule has 0 unspecified atom stereocenters. The van der Waals surface area contributed by atoms with Crippen molar-refractivity contribution in [3.63, 3.8) is 0 Å². The van der Waals surface area contributed by atoms with Crippen LogP contribution < -0.4 is 0 Å². The third-order valence-electron chi connectivity index (χ3n) is 5.38. The topological polar surface area (TPSA) is 90.9 Å². The molecule has 6 nitrogen and oxygen atoms in total. The molecule has 3 N–H and O–H groups in total. The Hall–Kier alpha value is -4.32. The Morgan fingerprint density at radius 2 is 1.28 bits per heavy atom. The van der Waals surface area contributed by atoms with Crippen LogP contribution in [0.3, 0.4) is 0 Å². The molecule has 0 radical (unpaired) electrons. The Balaban J connectivity index is 1.64. The fraction of sp³-hybridized carbons (Fsp3) is 0.0769. The smallest absolute Gasteiger partial charge is 0.224 e. The van der Waals surface area contributed by atoms with Crippen LogP contribution in [0, 0.1) is 0 Å². The minimum absolute atomic E-state index is 0.0226. The lowest BCUT2D eigenvalue weighted by Crippen LogP contribution is -2.03. The second-order valence-electron chi connectivity index (χ2n) is 7.71. The second kappa shape index (κ2) is 8.07. The van der Waals surface area contributed by atoms with E-state index in [-0.39, 0.29) is 17.4 Å². The second-order valence-corrected chi connectivity index (χ2v) is 7.71. The molecule has 0 atom stereocenters. The molecule has 0 amide bonds. The van der Waals surface area contributed by atoms with E-state index in [1.165, 1.54) is 0 Å². The van der Waals surface area contributed by atoms with Gasteiger partial charge in [-0.05, 0) is 47.5 Å². The minimum atomic E-state index is 0.0226. The van der Waals surface area contributed by atoms with Crippen LogP contribution in [0.1, 0.15) is 22.5 Å². The van der Waals surface area contributed by atoms with E-state index in [9.17, 15) is 15.3 Å². The molecule has 0 aliphatic carbocycles. The number of aromatic nitrogens is 3. The average Bonchev–Trinajstić information content (AvgIpc) is 3.13. The van der Waals surface area contributed by atoms with Gasteiger partial charge >= 0.3 is 0 Å². The number of benzene rings is 3. The number of aromatic hydroxyl groups is 3. The van der Waals surface area contributed by atoms with Crippen molar-refractivity contribution in [2.45, 2.75) is 12.8 Å². The van der Waals surface area contributed by atoms with Crippen LogP contribution in [0.15, 0.2) is 85.1 Å². The molecule has 158 valence electrons. The lowest BCUT2D eigenvalue weighted by molar-refractivity contribution is 0.449. The molecule has 0 spiro atoms. The highest BCUT2D eigenvalue weighted by molar-refractivity contribution is 5.70. The third kappa shape index (κ3) is 3.86. The molecule has 0 aliphatic rings. The van der Waals surface area contributed by atoms with E-state index in [0.717, 1.165) is 22.5 Å². The zero-order valence-electron chi connectivity index (χ0n) is 17.2. The number of fused-ring (bicyclic) bond motifs is 1. The van der Waals surface area contributed by atoms with E-state index < -0.39 is 0 Å². The lowest BCUT2D eigenvalue weighted by Gasteiger charge is -2.09. The maximum Gasteiger partial charge on any atom is 0.224 e. The number of phenols is 2. The number of phenolic OH excluding ortho intramolecular Hbond substituents is 2. The third-order valence-corrected chi connectivity index (χ3v) is 5.38. The molecule has 0 saturated carbocycles. The molecule has 5 rings (SSSR count). The summed E-state index contributed by atoms with van der Waals surface area (Å²) < 4.78 is 1.67. The van der Waals surface area contributed by atoms with Crippen molar-refractivity contribution in [2.24, 2.45) is 0 Å². The summed E-state index contributed by atoms with van der Waals surface area (Å²) in [7, 11) is 0. The monoisotopic (exact) mass is 423 g/mol. The molecular weight excluding hydrogens is 402 g/mol. The maximum absolute atomic E-state index is 11.0. The summed E-state index contributed by atoms with van der Waals surface area (Å²) >= 11 is 0. The Labute approximate surface area is 184 Å². The first-order valence-electron chi connectivity index (χ1n) is 10.3. The van der Waals surface area contributed by atoms with E-state index in [0.29, 0.717) is 29.7 Å². The van der Waals surface area contributed by atoms with Crippen LogP contribution >= 0.6 is 0 Å². The summed E-state index contributed by atoms with van der Waals surface area (Å²) in [4.78, 5) is 9.58. The fourth-order valence-corrected chi connectivity index (χ4v) is 3.78. The van der Waals surface area contributed by atoms with Gasteiger partial charge in [0.05, 0.1) is 11.4 Å². The van der Waals surface area contributed by atoms with Gasteiger partial charge in [0.15, 0.2) is 5.65 Å². The number of nitrogens with zero attached hydrogens (tertiary/aromatic N) is 3. The number of imidazole rings is 1. The Morgan fingerprint density at radius 3 is 1.97 bits per heavy atom. The van der Waals surface area contributed by atoms with Gasteiger partial charge in [-0.2, -0.15) is 0 Å². The van der Waals surface area contributed by atoms with Gasteiger partial charge in [-0.1, -0.05) is 42.5 Å². The van der Waals surface area contributed by atoms with Crippen molar-refractivity contribution in [1.82, 2.24) is 14.4 Å². The largest absolute Gasteiger partial charge is 0.508 e. The van der Waals surface area contributed by atoms with Crippen molar-refractivity contribution in [3.8, 4) is 28.6 Å². The molecule has 0 aliphatic heterocycles. The average molecular weight is 423 g/mol. The lowest BCUT2D eigenvalue weighted by atomic mass is 10.1. The highest BCUT2D eigenvalue weighted by atomic mass is 16.3. The Kier molecular flexibility index (Phi) is 4.95. The van der Waals surface area contributed by atoms with Crippen LogP contribution in [-0.4, -0.2) is 29.7 Å². The predicted molar refractivity (Wildman–Crippen MR) is 122 cm³/mol. The molecule has 5 aromatic rings. The van der Waals surface area contributed by atoms with E-state index in [4.69, 9.17) is 9.97 Å². The van der Waals surface area contributed by atoms with Crippen LogP contribution in [0.4, 0.5) is 0 Å². The van der Waals surface area contributed by atoms with Crippen molar-refractivity contribution < 1.29 is 15.3 Å². The van der Waals surface area contributed by atoms with E-state index >= 15 is 0 Å². The van der Waals surface area contributed by atoms with Crippen molar-refractivity contribution >= 4 is 5.65 Å². The molecule has 6 heteroatoms. The van der Waals surface area contributed by atoms with Crippen LogP contribution in [-0.2, 0) is 12.8 Å². The van der Waals surface area contributed by atoms with Gasteiger partial charge in [-0.3, -0.25) is 9.38 Å². The highest BCUT2D eigenvalue weighted by Crippen LogP contribution is 2.32. The highest BCUT2D eigenvalue weighted by Gasteiger charge is 2.18. The first kappa shape index (κ1) is 19.6.